The Hall–Kier alpha value is -1.18. The van der Waals surface area contributed by atoms with Crippen LogP contribution in [0.1, 0.15) is 31.5 Å². The second-order valence-electron chi connectivity index (χ2n) is 4.54. The number of aromatic nitrogens is 1. The number of hydrogen-bond donors (Lipinski definition) is 0. The molecule has 1 aromatic rings. The Kier molecular flexibility index (Phi) is 4.47. The lowest BCUT2D eigenvalue weighted by Crippen LogP contribution is -2.09. The van der Waals surface area contributed by atoms with Crippen molar-refractivity contribution in [2.75, 3.05) is 0 Å². The summed E-state index contributed by atoms with van der Waals surface area (Å²) in [6.07, 6.45) is 4.71. The minimum atomic E-state index is 0.134. The number of rotatable bonds is 5. The number of nitrogens with zero attached hydrogens (tertiary/aromatic N) is 1. The predicted molar refractivity (Wildman–Crippen MR) is 61.7 cm³/mol. The van der Waals surface area contributed by atoms with E-state index in [-0.39, 0.29) is 5.92 Å². The molecule has 0 aliphatic heterocycles. The van der Waals surface area contributed by atoms with Crippen LogP contribution in [0.5, 0.6) is 0 Å². The topological polar surface area (TPSA) is 30.0 Å². The highest BCUT2D eigenvalue weighted by molar-refractivity contribution is 5.54. The fourth-order valence-electron chi connectivity index (χ4n) is 1.71. The van der Waals surface area contributed by atoms with E-state index >= 15 is 0 Å². The largest absolute Gasteiger partial charge is 0.303 e. The van der Waals surface area contributed by atoms with E-state index < -0.39 is 0 Å². The molecule has 2 heteroatoms. The zero-order valence-corrected chi connectivity index (χ0v) is 9.73. The summed E-state index contributed by atoms with van der Waals surface area (Å²) in [5, 5.41) is 0. The standard InChI is InChI=1S/C13H19NO/c1-10(2)6-13(9-15)7-12-5-4-11(3)14-8-12/h4-5,8-10,13H,6-7H2,1-3H3. The highest BCUT2D eigenvalue weighted by atomic mass is 16.1. The van der Waals surface area contributed by atoms with Gasteiger partial charge in [-0.2, -0.15) is 0 Å². The zero-order chi connectivity index (χ0) is 11.3. The number of pyridine rings is 1. The number of carbonyl (C=O) groups is 1. The summed E-state index contributed by atoms with van der Waals surface area (Å²) in [5.74, 6) is 0.702. The number of aryl methyl sites for hydroxylation is 1. The van der Waals surface area contributed by atoms with Crippen LogP contribution in [0.2, 0.25) is 0 Å². The fourth-order valence-corrected chi connectivity index (χ4v) is 1.71. The second kappa shape index (κ2) is 5.64. The van der Waals surface area contributed by atoms with Crippen molar-refractivity contribution in [3.63, 3.8) is 0 Å². The van der Waals surface area contributed by atoms with Crippen molar-refractivity contribution in [1.82, 2.24) is 4.98 Å². The molecule has 0 N–H and O–H groups in total. The van der Waals surface area contributed by atoms with Crippen molar-refractivity contribution in [1.29, 1.82) is 0 Å². The van der Waals surface area contributed by atoms with Gasteiger partial charge in [0, 0.05) is 17.8 Å². The predicted octanol–water partition coefficient (Wildman–Crippen LogP) is 2.79. The molecular formula is C13H19NO. The first-order chi connectivity index (χ1) is 7.11. The highest BCUT2D eigenvalue weighted by Gasteiger charge is 2.10. The molecule has 0 aliphatic carbocycles. The molecule has 0 saturated carbocycles. The third kappa shape index (κ3) is 4.24. The van der Waals surface area contributed by atoms with Crippen LogP contribution < -0.4 is 0 Å². The smallest absolute Gasteiger partial charge is 0.123 e. The van der Waals surface area contributed by atoms with E-state index in [1.54, 1.807) is 0 Å². The molecule has 0 amide bonds. The van der Waals surface area contributed by atoms with Crippen LogP contribution in [-0.2, 0) is 11.2 Å². The third-order valence-electron chi connectivity index (χ3n) is 2.44. The number of aldehydes is 1. The van der Waals surface area contributed by atoms with Gasteiger partial charge in [0.1, 0.15) is 6.29 Å². The van der Waals surface area contributed by atoms with Gasteiger partial charge < -0.3 is 4.79 Å². The van der Waals surface area contributed by atoms with Gasteiger partial charge in [0.2, 0.25) is 0 Å². The maximum absolute atomic E-state index is 10.9. The van der Waals surface area contributed by atoms with Gasteiger partial charge in [-0.3, -0.25) is 4.98 Å². The van der Waals surface area contributed by atoms with E-state index in [1.807, 2.05) is 19.2 Å². The van der Waals surface area contributed by atoms with E-state index in [4.69, 9.17) is 0 Å². The molecule has 1 heterocycles. The molecule has 1 aromatic heterocycles. The van der Waals surface area contributed by atoms with E-state index in [9.17, 15) is 4.79 Å². The molecule has 0 aliphatic rings. The summed E-state index contributed by atoms with van der Waals surface area (Å²) in [7, 11) is 0. The Labute approximate surface area is 91.7 Å². The van der Waals surface area contributed by atoms with Crippen molar-refractivity contribution < 1.29 is 4.79 Å². The van der Waals surface area contributed by atoms with Gasteiger partial charge >= 0.3 is 0 Å². The lowest BCUT2D eigenvalue weighted by atomic mass is 9.93. The number of hydrogen-bond acceptors (Lipinski definition) is 2. The molecule has 2 nitrogen and oxygen atoms in total. The van der Waals surface area contributed by atoms with Crippen LogP contribution in [-0.4, -0.2) is 11.3 Å². The molecule has 0 spiro atoms. The fraction of sp³-hybridized carbons (Fsp3) is 0.538. The summed E-state index contributed by atoms with van der Waals surface area (Å²) in [6.45, 7) is 6.25. The van der Waals surface area contributed by atoms with E-state index in [0.717, 1.165) is 30.4 Å². The van der Waals surface area contributed by atoms with Crippen LogP contribution in [0.15, 0.2) is 18.3 Å². The molecule has 0 aromatic carbocycles. The number of carbonyl (C=O) groups excluding carboxylic acids is 1. The van der Waals surface area contributed by atoms with Gasteiger partial charge in [-0.1, -0.05) is 19.9 Å². The lowest BCUT2D eigenvalue weighted by molar-refractivity contribution is -0.111. The molecule has 0 bridgehead atoms. The van der Waals surface area contributed by atoms with Gasteiger partial charge in [-0.05, 0) is 37.3 Å². The Bertz CT molecular complexity index is 303. The van der Waals surface area contributed by atoms with Gasteiger partial charge in [0.15, 0.2) is 0 Å². The van der Waals surface area contributed by atoms with Crippen molar-refractivity contribution in [2.45, 2.75) is 33.6 Å². The SMILES string of the molecule is Cc1ccc(CC(C=O)CC(C)C)cn1. The first-order valence-corrected chi connectivity index (χ1v) is 5.48. The highest BCUT2D eigenvalue weighted by Crippen LogP contribution is 2.15. The minimum absolute atomic E-state index is 0.134. The van der Waals surface area contributed by atoms with E-state index in [1.165, 1.54) is 0 Å². The Morgan fingerprint density at radius 3 is 2.60 bits per heavy atom. The molecule has 0 fully saturated rings. The van der Waals surface area contributed by atoms with Crippen LogP contribution >= 0.6 is 0 Å². The van der Waals surface area contributed by atoms with E-state index in [0.29, 0.717) is 5.92 Å². The summed E-state index contributed by atoms with van der Waals surface area (Å²) in [6, 6.07) is 4.05. The van der Waals surface area contributed by atoms with Crippen LogP contribution in [0, 0.1) is 18.8 Å². The van der Waals surface area contributed by atoms with Crippen LogP contribution in [0.4, 0.5) is 0 Å². The molecular weight excluding hydrogens is 186 g/mol. The molecule has 1 atom stereocenters. The Balaban J connectivity index is 2.58. The lowest BCUT2D eigenvalue weighted by Gasteiger charge is -2.12. The van der Waals surface area contributed by atoms with Gasteiger partial charge in [0.25, 0.3) is 0 Å². The first kappa shape index (κ1) is 11.9. The maximum atomic E-state index is 10.9. The first-order valence-electron chi connectivity index (χ1n) is 5.48. The summed E-state index contributed by atoms with van der Waals surface area (Å²) < 4.78 is 0. The molecule has 1 rings (SSSR count). The normalized spacial score (nSPS) is 12.8. The monoisotopic (exact) mass is 205 g/mol. The Morgan fingerprint density at radius 1 is 1.40 bits per heavy atom. The van der Waals surface area contributed by atoms with Crippen molar-refractivity contribution in [3.05, 3.63) is 29.6 Å². The van der Waals surface area contributed by atoms with Crippen molar-refractivity contribution >= 4 is 6.29 Å². The average molecular weight is 205 g/mol. The minimum Gasteiger partial charge on any atom is -0.303 e. The Morgan fingerprint density at radius 2 is 2.13 bits per heavy atom. The quantitative estimate of drug-likeness (QED) is 0.692. The van der Waals surface area contributed by atoms with Crippen molar-refractivity contribution in [3.8, 4) is 0 Å². The molecule has 82 valence electrons. The summed E-state index contributed by atoms with van der Waals surface area (Å²) in [4.78, 5) is 15.1. The van der Waals surface area contributed by atoms with E-state index in [2.05, 4.69) is 24.9 Å². The third-order valence-corrected chi connectivity index (χ3v) is 2.44. The summed E-state index contributed by atoms with van der Waals surface area (Å²) >= 11 is 0. The second-order valence-corrected chi connectivity index (χ2v) is 4.54. The molecule has 15 heavy (non-hydrogen) atoms. The average Bonchev–Trinajstić information content (AvgIpc) is 2.19. The van der Waals surface area contributed by atoms with Gasteiger partial charge in [-0.15, -0.1) is 0 Å². The van der Waals surface area contributed by atoms with Gasteiger partial charge in [-0.25, -0.2) is 0 Å². The molecule has 0 saturated heterocycles. The zero-order valence-electron chi connectivity index (χ0n) is 9.73. The summed E-state index contributed by atoms with van der Waals surface area (Å²) in [5.41, 5.74) is 2.17. The molecule has 0 radical (unpaired) electrons. The van der Waals surface area contributed by atoms with Gasteiger partial charge in [0.05, 0.1) is 0 Å². The molecule has 1 unspecified atom stereocenters. The van der Waals surface area contributed by atoms with Crippen LogP contribution in [0.3, 0.4) is 0 Å². The maximum Gasteiger partial charge on any atom is 0.123 e. The van der Waals surface area contributed by atoms with Crippen LogP contribution in [0.25, 0.3) is 0 Å². The van der Waals surface area contributed by atoms with Crippen molar-refractivity contribution in [2.24, 2.45) is 11.8 Å².